The van der Waals surface area contributed by atoms with Crippen molar-refractivity contribution in [2.45, 2.75) is 19.4 Å². The molecule has 98 valence electrons. The van der Waals surface area contributed by atoms with Crippen LogP contribution >= 0.6 is 0 Å². The minimum Gasteiger partial charge on any atom is -0.466 e. The molecule has 6 heteroatoms. The molecule has 1 N–H and O–H groups in total. The summed E-state index contributed by atoms with van der Waals surface area (Å²) >= 11 is 0. The average Bonchev–Trinajstić information content (AvgIpc) is 2.89. The first-order valence-electron chi connectivity index (χ1n) is 5.70. The third-order valence-corrected chi connectivity index (χ3v) is 2.38. The third kappa shape index (κ3) is 4.04. The van der Waals surface area contributed by atoms with Crippen LogP contribution in [0.4, 0.5) is 0 Å². The Balaban J connectivity index is 2.44. The van der Waals surface area contributed by atoms with Crippen LogP contribution in [-0.4, -0.2) is 35.3 Å². The molecule has 0 aliphatic rings. The summed E-state index contributed by atoms with van der Waals surface area (Å²) in [6, 6.07) is 1.44. The van der Waals surface area contributed by atoms with Gasteiger partial charge in [0.2, 0.25) is 5.91 Å². The van der Waals surface area contributed by atoms with E-state index in [1.165, 1.54) is 13.2 Å². The van der Waals surface area contributed by atoms with Crippen molar-refractivity contribution < 1.29 is 14.3 Å². The number of amides is 1. The fourth-order valence-corrected chi connectivity index (χ4v) is 1.46. The molecule has 0 spiro atoms. The number of nitrogens with one attached hydrogen (secondary N) is 1. The lowest BCUT2D eigenvalue weighted by Gasteiger charge is -2.14. The average molecular weight is 251 g/mol. The Bertz CT molecular complexity index is 412. The fourth-order valence-electron chi connectivity index (χ4n) is 1.46. The van der Waals surface area contributed by atoms with Gasteiger partial charge in [0.05, 0.1) is 7.11 Å². The Morgan fingerprint density at radius 3 is 2.89 bits per heavy atom. The molecule has 1 unspecified atom stereocenters. The number of methoxy groups -OCH3 is 1. The van der Waals surface area contributed by atoms with E-state index in [-0.39, 0.29) is 18.5 Å². The number of nitrogens with zero attached hydrogens (tertiary/aromatic N) is 2. The summed E-state index contributed by atoms with van der Waals surface area (Å²) in [5.74, 6) is -0.570. The zero-order chi connectivity index (χ0) is 13.4. The number of carbonyl (C=O) groups excluding carboxylic acids is 2. The van der Waals surface area contributed by atoms with E-state index in [0.717, 1.165) is 0 Å². The Hall–Kier alpha value is -2.11. The van der Waals surface area contributed by atoms with Gasteiger partial charge in [-0.2, -0.15) is 5.10 Å². The van der Waals surface area contributed by atoms with Gasteiger partial charge in [-0.15, -0.1) is 0 Å². The molecule has 1 rings (SSSR count). The van der Waals surface area contributed by atoms with Crippen LogP contribution in [0.25, 0.3) is 0 Å². The number of esters is 1. The number of hydrogen-bond donors (Lipinski definition) is 1. The molecule has 0 aromatic carbocycles. The lowest BCUT2D eigenvalue weighted by molar-refractivity contribution is -0.135. The molecule has 0 saturated heterocycles. The summed E-state index contributed by atoms with van der Waals surface area (Å²) in [6.07, 6.45) is 6.84. The van der Waals surface area contributed by atoms with Gasteiger partial charge in [-0.3, -0.25) is 9.48 Å². The minimum absolute atomic E-state index is 0.129. The first-order valence-corrected chi connectivity index (χ1v) is 5.70. The van der Waals surface area contributed by atoms with E-state index in [4.69, 9.17) is 0 Å². The zero-order valence-electron chi connectivity index (χ0n) is 10.5. The molecule has 1 aromatic rings. The van der Waals surface area contributed by atoms with Gasteiger partial charge in [0.25, 0.3) is 0 Å². The molecule has 18 heavy (non-hydrogen) atoms. The molecule has 0 bridgehead atoms. The van der Waals surface area contributed by atoms with Crippen molar-refractivity contribution in [3.8, 4) is 0 Å². The second-order valence-corrected chi connectivity index (χ2v) is 3.58. The van der Waals surface area contributed by atoms with Crippen LogP contribution in [0, 0.1) is 0 Å². The second-order valence-electron chi connectivity index (χ2n) is 3.58. The van der Waals surface area contributed by atoms with Crippen molar-refractivity contribution in [2.24, 2.45) is 0 Å². The molecule has 0 fully saturated rings. The Kier molecular flexibility index (Phi) is 5.63. The third-order valence-electron chi connectivity index (χ3n) is 2.38. The smallest absolute Gasteiger partial charge is 0.330 e. The van der Waals surface area contributed by atoms with Crippen molar-refractivity contribution >= 4 is 11.9 Å². The van der Waals surface area contributed by atoms with E-state index in [2.05, 4.69) is 15.2 Å². The molecule has 0 aliphatic heterocycles. The number of rotatable bonds is 6. The van der Waals surface area contributed by atoms with Gasteiger partial charge in [-0.25, -0.2) is 4.79 Å². The van der Waals surface area contributed by atoms with E-state index in [9.17, 15) is 9.59 Å². The van der Waals surface area contributed by atoms with Gasteiger partial charge in [-0.05, 0) is 12.5 Å². The topological polar surface area (TPSA) is 73.2 Å². The highest BCUT2D eigenvalue weighted by Gasteiger charge is 2.17. The summed E-state index contributed by atoms with van der Waals surface area (Å²) in [5.41, 5.74) is 0. The minimum atomic E-state index is -0.441. The molecule has 1 heterocycles. The van der Waals surface area contributed by atoms with E-state index >= 15 is 0 Å². The van der Waals surface area contributed by atoms with Gasteiger partial charge in [0, 0.05) is 25.0 Å². The fraction of sp³-hybridized carbons (Fsp3) is 0.417. The molecule has 1 atom stereocenters. The monoisotopic (exact) mass is 251 g/mol. The molecular weight excluding hydrogens is 234 g/mol. The van der Waals surface area contributed by atoms with Crippen molar-refractivity contribution in [3.63, 3.8) is 0 Å². The van der Waals surface area contributed by atoms with E-state index in [1.54, 1.807) is 29.2 Å². The number of hydrogen-bond acceptors (Lipinski definition) is 4. The standard InChI is InChI=1S/C12H17N3O3/c1-3-10(15-9-5-8-14-15)12(17)13-7-4-6-11(16)18-2/h4-6,8-10H,3,7H2,1-2H3,(H,13,17)/b6-4+. The summed E-state index contributed by atoms with van der Waals surface area (Å²) in [7, 11) is 1.30. The largest absolute Gasteiger partial charge is 0.466 e. The maximum atomic E-state index is 11.9. The quantitative estimate of drug-likeness (QED) is 0.596. The Morgan fingerprint density at radius 2 is 2.33 bits per heavy atom. The summed E-state index contributed by atoms with van der Waals surface area (Å²) in [5, 5.41) is 6.75. The van der Waals surface area contributed by atoms with Gasteiger partial charge < -0.3 is 10.1 Å². The van der Waals surface area contributed by atoms with Crippen LogP contribution in [0.2, 0.25) is 0 Å². The van der Waals surface area contributed by atoms with Crippen molar-refractivity contribution in [2.75, 3.05) is 13.7 Å². The first kappa shape index (κ1) is 14.0. The summed E-state index contributed by atoms with van der Waals surface area (Å²) in [4.78, 5) is 22.7. The van der Waals surface area contributed by atoms with E-state index in [0.29, 0.717) is 6.42 Å². The first-order chi connectivity index (χ1) is 8.69. The predicted octanol–water partition coefficient (Wildman–Crippen LogP) is 0.680. The zero-order valence-corrected chi connectivity index (χ0v) is 10.5. The molecule has 6 nitrogen and oxygen atoms in total. The Labute approximate surface area is 106 Å². The van der Waals surface area contributed by atoms with Crippen LogP contribution in [-0.2, 0) is 14.3 Å². The van der Waals surface area contributed by atoms with Crippen LogP contribution in [0.3, 0.4) is 0 Å². The van der Waals surface area contributed by atoms with Crippen LogP contribution < -0.4 is 5.32 Å². The maximum Gasteiger partial charge on any atom is 0.330 e. The molecule has 1 amide bonds. The maximum absolute atomic E-state index is 11.9. The van der Waals surface area contributed by atoms with E-state index < -0.39 is 5.97 Å². The lowest BCUT2D eigenvalue weighted by atomic mass is 10.2. The van der Waals surface area contributed by atoms with Gasteiger partial charge in [0.1, 0.15) is 6.04 Å². The van der Waals surface area contributed by atoms with Crippen LogP contribution in [0.1, 0.15) is 19.4 Å². The lowest BCUT2D eigenvalue weighted by Crippen LogP contribution is -2.32. The number of carbonyl (C=O) groups is 2. The molecule has 0 saturated carbocycles. The van der Waals surface area contributed by atoms with Gasteiger partial charge in [-0.1, -0.05) is 13.0 Å². The highest BCUT2D eigenvalue weighted by molar-refractivity contribution is 5.82. The van der Waals surface area contributed by atoms with Gasteiger partial charge >= 0.3 is 5.97 Å². The molecular formula is C12H17N3O3. The molecule has 0 radical (unpaired) electrons. The SMILES string of the molecule is CCC(C(=O)NC/C=C/C(=O)OC)n1cccn1. The number of ether oxygens (including phenoxy) is 1. The summed E-state index contributed by atoms with van der Waals surface area (Å²) < 4.78 is 6.04. The molecule has 1 aromatic heterocycles. The van der Waals surface area contributed by atoms with Crippen molar-refractivity contribution in [3.05, 3.63) is 30.6 Å². The number of aromatic nitrogens is 2. The highest BCUT2D eigenvalue weighted by atomic mass is 16.5. The van der Waals surface area contributed by atoms with Crippen LogP contribution in [0.5, 0.6) is 0 Å². The summed E-state index contributed by atoms with van der Waals surface area (Å²) in [6.45, 7) is 2.20. The van der Waals surface area contributed by atoms with Crippen molar-refractivity contribution in [1.29, 1.82) is 0 Å². The van der Waals surface area contributed by atoms with E-state index in [1.807, 2.05) is 6.92 Å². The highest BCUT2D eigenvalue weighted by Crippen LogP contribution is 2.08. The van der Waals surface area contributed by atoms with Gasteiger partial charge in [0.15, 0.2) is 0 Å². The predicted molar refractivity (Wildman–Crippen MR) is 65.7 cm³/mol. The van der Waals surface area contributed by atoms with Crippen molar-refractivity contribution in [1.82, 2.24) is 15.1 Å². The Morgan fingerprint density at radius 1 is 1.56 bits per heavy atom. The molecule has 0 aliphatic carbocycles. The second kappa shape index (κ2) is 7.26. The van der Waals surface area contributed by atoms with Crippen LogP contribution in [0.15, 0.2) is 30.6 Å². The normalized spacial score (nSPS) is 12.3.